The van der Waals surface area contributed by atoms with Gasteiger partial charge in [0.2, 0.25) is 0 Å². The highest BCUT2D eigenvalue weighted by molar-refractivity contribution is 9.11. The molecule has 138 valence electrons. The zero-order valence-corrected chi connectivity index (χ0v) is 16.4. The molecule has 9 heteroatoms. The molecule has 1 aromatic rings. The molecule has 3 heterocycles. The molecule has 2 aliphatic heterocycles. The van der Waals surface area contributed by atoms with Crippen LogP contribution in [0.15, 0.2) is 46.8 Å². The third kappa shape index (κ3) is 3.04. The van der Waals surface area contributed by atoms with Gasteiger partial charge < -0.3 is 14.0 Å². The largest absolute Gasteiger partial charge is 0.497 e. The lowest BCUT2D eigenvalue weighted by Gasteiger charge is -2.23. The Bertz CT molecular complexity index is 853. The van der Waals surface area contributed by atoms with Gasteiger partial charge in [0.05, 0.1) is 36.5 Å². The number of ether oxygens (including phenoxy) is 2. The smallest absolute Gasteiger partial charge is 0.358 e. The van der Waals surface area contributed by atoms with Crippen molar-refractivity contribution in [3.63, 3.8) is 0 Å². The maximum Gasteiger partial charge on any atom is 0.358 e. The number of fused-ring (bicyclic) bond motifs is 2. The molecule has 0 aromatic carbocycles. The minimum Gasteiger partial charge on any atom is -0.497 e. The zero-order chi connectivity index (χ0) is 18.8. The number of allylic oxidation sites excluding steroid dienone is 4. The van der Waals surface area contributed by atoms with Gasteiger partial charge in [-0.3, -0.25) is 10.4 Å². The number of carbonyl (C=O) groups excluding carboxylic acids is 1. The topological polar surface area (TPSA) is 80.7 Å². The molecule has 26 heavy (non-hydrogen) atoms. The van der Waals surface area contributed by atoms with Gasteiger partial charge in [-0.1, -0.05) is 12.7 Å². The van der Waals surface area contributed by atoms with E-state index in [0.717, 1.165) is 27.4 Å². The van der Waals surface area contributed by atoms with Gasteiger partial charge in [-0.05, 0) is 29.8 Å². The molecule has 0 fully saturated rings. The quantitative estimate of drug-likeness (QED) is 0.438. The molecule has 0 aliphatic carbocycles. The number of hydrogen-bond donors (Lipinski definition) is 2. The molecule has 1 aromatic heterocycles. The van der Waals surface area contributed by atoms with Crippen LogP contribution in [0.1, 0.15) is 30.0 Å². The Hall–Kier alpha value is -2.52. The van der Waals surface area contributed by atoms with Crippen molar-refractivity contribution < 1.29 is 14.3 Å². The Kier molecular flexibility index (Phi) is 5.19. The summed E-state index contributed by atoms with van der Waals surface area (Å²) >= 11 is 3.52. The first-order chi connectivity index (χ1) is 12.5. The van der Waals surface area contributed by atoms with Crippen LogP contribution in [0.5, 0.6) is 0 Å². The van der Waals surface area contributed by atoms with Gasteiger partial charge in [0.25, 0.3) is 0 Å². The highest BCUT2D eigenvalue weighted by atomic mass is 79.9. The third-order valence-electron chi connectivity index (χ3n) is 4.07. The molecule has 0 saturated heterocycles. The van der Waals surface area contributed by atoms with Crippen LogP contribution < -0.4 is 11.0 Å². The normalized spacial score (nSPS) is 19.2. The van der Waals surface area contributed by atoms with Crippen LogP contribution in [-0.2, 0) is 15.9 Å². The lowest BCUT2D eigenvalue weighted by molar-refractivity contribution is 0.0519. The first-order valence-corrected chi connectivity index (χ1v) is 8.86. The standard InChI is InChI=1S/C17H20BrN5O3/c1-5-11-12(7-10(3)25-4)23-14(16(18)20-21-23)8-13-15(17(24)26-6-2)19-9-22(11)13/h5,7,9,20-21H,3,6,8H2,1-2,4H3/b11-5+,12-7+. The molecule has 0 amide bonds. The highest BCUT2D eigenvalue weighted by Crippen LogP contribution is 2.36. The van der Waals surface area contributed by atoms with Crippen LogP contribution in [0.25, 0.3) is 5.70 Å². The number of aromatic nitrogens is 2. The highest BCUT2D eigenvalue weighted by Gasteiger charge is 2.34. The van der Waals surface area contributed by atoms with E-state index in [1.54, 1.807) is 20.4 Å². The van der Waals surface area contributed by atoms with E-state index in [1.807, 2.05) is 28.7 Å². The fourth-order valence-electron chi connectivity index (χ4n) is 2.86. The number of rotatable bonds is 4. The van der Waals surface area contributed by atoms with Crippen molar-refractivity contribution in [2.24, 2.45) is 0 Å². The summed E-state index contributed by atoms with van der Waals surface area (Å²) in [5, 5.41) is 1.88. The SMILES string of the molecule is C=C(/C=C1\C(=C/C)n2cnc(C(=O)OCC)c2CC2=C(Br)NNN21)OC. The zero-order valence-electron chi connectivity index (χ0n) is 14.8. The van der Waals surface area contributed by atoms with E-state index < -0.39 is 5.97 Å². The molecule has 0 saturated carbocycles. The van der Waals surface area contributed by atoms with Crippen molar-refractivity contribution >= 4 is 27.6 Å². The number of carbonyl (C=O) groups is 1. The van der Waals surface area contributed by atoms with Crippen LogP contribution in [0, 0.1) is 0 Å². The predicted molar refractivity (Wildman–Crippen MR) is 100 cm³/mol. The molecule has 0 unspecified atom stereocenters. The number of hydrogen-bond acceptors (Lipinski definition) is 7. The van der Waals surface area contributed by atoms with E-state index >= 15 is 0 Å². The second-order valence-corrected chi connectivity index (χ2v) is 6.31. The molecule has 0 atom stereocenters. The van der Waals surface area contributed by atoms with Crippen molar-refractivity contribution in [2.75, 3.05) is 13.7 Å². The second kappa shape index (κ2) is 7.38. The molecule has 2 N–H and O–H groups in total. The molecule has 0 radical (unpaired) electrons. The number of methoxy groups -OCH3 is 1. The van der Waals surface area contributed by atoms with E-state index in [0.29, 0.717) is 24.5 Å². The fourth-order valence-corrected chi connectivity index (χ4v) is 3.26. The number of nitrogens with one attached hydrogen (secondary N) is 2. The van der Waals surface area contributed by atoms with E-state index in [1.165, 1.54) is 0 Å². The fraction of sp³-hybridized carbons (Fsp3) is 0.294. The Morgan fingerprint density at radius 2 is 2.27 bits per heavy atom. The molecular weight excluding hydrogens is 402 g/mol. The lowest BCUT2D eigenvalue weighted by atomic mass is 10.2. The Morgan fingerprint density at radius 1 is 1.50 bits per heavy atom. The molecule has 3 rings (SSSR count). The summed E-state index contributed by atoms with van der Waals surface area (Å²) in [7, 11) is 1.56. The van der Waals surface area contributed by atoms with E-state index in [9.17, 15) is 4.79 Å². The molecule has 0 bridgehead atoms. The maximum atomic E-state index is 12.3. The van der Waals surface area contributed by atoms with Crippen molar-refractivity contribution in [3.05, 3.63) is 58.2 Å². The van der Waals surface area contributed by atoms with Crippen molar-refractivity contribution in [3.8, 4) is 0 Å². The average molecular weight is 422 g/mol. The summed E-state index contributed by atoms with van der Waals surface area (Å²) in [4.78, 5) is 16.6. The van der Waals surface area contributed by atoms with E-state index in [-0.39, 0.29) is 0 Å². The van der Waals surface area contributed by atoms with Gasteiger partial charge in [0.15, 0.2) is 5.69 Å². The number of nitrogens with zero attached hydrogens (tertiary/aromatic N) is 3. The monoisotopic (exact) mass is 421 g/mol. The van der Waals surface area contributed by atoms with Crippen molar-refractivity contribution in [1.29, 1.82) is 0 Å². The van der Waals surface area contributed by atoms with Crippen molar-refractivity contribution in [2.45, 2.75) is 20.3 Å². The van der Waals surface area contributed by atoms with E-state index in [2.05, 4.69) is 38.5 Å². The van der Waals surface area contributed by atoms with Gasteiger partial charge in [0, 0.05) is 12.5 Å². The minimum absolute atomic E-state index is 0.294. The molecule has 0 spiro atoms. The summed E-state index contributed by atoms with van der Waals surface area (Å²) in [5.41, 5.74) is 9.70. The van der Waals surface area contributed by atoms with Gasteiger partial charge in [-0.15, -0.1) is 5.53 Å². The Morgan fingerprint density at radius 3 is 2.92 bits per heavy atom. The van der Waals surface area contributed by atoms with Gasteiger partial charge in [-0.25, -0.2) is 9.78 Å². The minimum atomic E-state index is -0.437. The van der Waals surface area contributed by atoms with Crippen molar-refractivity contribution in [1.82, 2.24) is 25.5 Å². The molecular formula is C17H20BrN5O3. The van der Waals surface area contributed by atoms with Crippen LogP contribution in [0.4, 0.5) is 0 Å². The number of hydrazine groups is 2. The first kappa shape index (κ1) is 18.3. The number of halogens is 1. The summed E-state index contributed by atoms with van der Waals surface area (Å²) < 4.78 is 13.0. The second-order valence-electron chi connectivity index (χ2n) is 5.51. The molecule has 8 nitrogen and oxygen atoms in total. The number of imidazole rings is 1. The van der Waals surface area contributed by atoms with Crippen LogP contribution >= 0.6 is 15.9 Å². The third-order valence-corrected chi connectivity index (χ3v) is 4.72. The Balaban J connectivity index is 2.20. The average Bonchev–Trinajstić information content (AvgIpc) is 3.17. The van der Waals surface area contributed by atoms with Gasteiger partial charge >= 0.3 is 5.97 Å². The summed E-state index contributed by atoms with van der Waals surface area (Å²) in [6, 6.07) is 0. The Labute approximate surface area is 159 Å². The predicted octanol–water partition coefficient (Wildman–Crippen LogP) is 2.41. The first-order valence-electron chi connectivity index (χ1n) is 8.07. The van der Waals surface area contributed by atoms with Crippen LogP contribution in [-0.4, -0.2) is 34.2 Å². The summed E-state index contributed by atoms with van der Waals surface area (Å²) in [6.07, 6.45) is 5.84. The maximum absolute atomic E-state index is 12.3. The van der Waals surface area contributed by atoms with Crippen LogP contribution in [0.2, 0.25) is 0 Å². The van der Waals surface area contributed by atoms with Gasteiger partial charge in [-0.2, -0.15) is 0 Å². The van der Waals surface area contributed by atoms with Gasteiger partial charge in [0.1, 0.15) is 16.7 Å². The summed E-state index contributed by atoms with van der Waals surface area (Å²) in [5.74, 6) is 0.0605. The van der Waals surface area contributed by atoms with E-state index in [4.69, 9.17) is 9.47 Å². The van der Waals surface area contributed by atoms with Crippen LogP contribution in [0.3, 0.4) is 0 Å². The summed E-state index contributed by atoms with van der Waals surface area (Å²) in [6.45, 7) is 7.87. The lowest BCUT2D eigenvalue weighted by Crippen LogP contribution is -2.37. The number of esters is 1. The molecule has 2 aliphatic rings.